The van der Waals surface area contributed by atoms with Crippen LogP contribution in [0.15, 0.2) is 59.6 Å². The Hall–Kier alpha value is -2.84. The number of fused-ring (bicyclic) bond motifs is 1. The van der Waals surface area contributed by atoms with E-state index in [0.29, 0.717) is 18.5 Å². The molecule has 0 radical (unpaired) electrons. The molecule has 136 valence electrons. The first-order chi connectivity index (χ1) is 13.0. The fraction of sp³-hybridized carbons (Fsp3) is 0.227. The smallest absolute Gasteiger partial charge is 0.320 e. The number of nitrogens with zero attached hydrogens (tertiary/aromatic N) is 2. The monoisotopic (exact) mass is 376 g/mol. The van der Waals surface area contributed by atoms with Crippen molar-refractivity contribution in [1.82, 2.24) is 4.98 Å². The first-order valence-corrected chi connectivity index (χ1v) is 9.63. The van der Waals surface area contributed by atoms with E-state index in [1.165, 1.54) is 11.8 Å². The molecule has 0 aliphatic rings. The van der Waals surface area contributed by atoms with Gasteiger partial charge in [0.25, 0.3) is 0 Å². The number of pyridine rings is 1. The third-order valence-corrected chi connectivity index (χ3v) is 6.57. The Morgan fingerprint density at radius 2 is 1.89 bits per heavy atom. The van der Waals surface area contributed by atoms with Gasteiger partial charge in [-0.25, -0.2) is 4.85 Å². The van der Waals surface area contributed by atoms with Gasteiger partial charge in [-0.15, -0.1) is 11.8 Å². The van der Waals surface area contributed by atoms with Gasteiger partial charge >= 0.3 is 5.97 Å². The second kappa shape index (κ2) is 7.81. The van der Waals surface area contributed by atoms with Crippen molar-refractivity contribution < 1.29 is 9.90 Å². The zero-order valence-electron chi connectivity index (χ0n) is 15.3. The Kier molecular flexibility index (Phi) is 5.48. The quantitative estimate of drug-likeness (QED) is 0.412. The summed E-state index contributed by atoms with van der Waals surface area (Å²) in [5, 5.41) is 10.7. The normalized spacial score (nSPS) is 11.3. The van der Waals surface area contributed by atoms with E-state index in [2.05, 4.69) is 9.83 Å². The molecule has 0 atom stereocenters. The predicted molar refractivity (Wildman–Crippen MR) is 110 cm³/mol. The number of thioether (sulfide) groups is 1. The largest absolute Gasteiger partial charge is 0.480 e. The van der Waals surface area contributed by atoms with E-state index >= 15 is 0 Å². The third-order valence-electron chi connectivity index (χ3n) is 4.85. The molecule has 0 amide bonds. The molecular formula is C22H20N2O2S. The summed E-state index contributed by atoms with van der Waals surface area (Å²) in [5.74, 6) is -0.789. The van der Waals surface area contributed by atoms with E-state index < -0.39 is 10.7 Å². The van der Waals surface area contributed by atoms with E-state index in [1.807, 2.05) is 56.3 Å². The van der Waals surface area contributed by atoms with Crippen LogP contribution < -0.4 is 0 Å². The van der Waals surface area contributed by atoms with E-state index in [4.69, 9.17) is 6.57 Å². The van der Waals surface area contributed by atoms with Crippen LogP contribution in [0.4, 0.5) is 5.69 Å². The maximum absolute atomic E-state index is 11.9. The second-order valence-corrected chi connectivity index (χ2v) is 7.74. The Bertz CT molecular complexity index is 1040. The number of aliphatic carboxylic acids is 1. The first-order valence-electron chi connectivity index (χ1n) is 8.82. The maximum Gasteiger partial charge on any atom is 0.320 e. The number of carbonyl (C=O) groups is 1. The van der Waals surface area contributed by atoms with Crippen molar-refractivity contribution in [3.8, 4) is 11.1 Å². The molecule has 5 heteroatoms. The lowest BCUT2D eigenvalue weighted by Crippen LogP contribution is -2.33. The predicted octanol–water partition coefficient (Wildman–Crippen LogP) is 6.19. The lowest BCUT2D eigenvalue weighted by Gasteiger charge is -2.26. The van der Waals surface area contributed by atoms with Crippen LogP contribution in [0.25, 0.3) is 26.9 Å². The van der Waals surface area contributed by atoms with Gasteiger partial charge < -0.3 is 5.11 Å². The minimum atomic E-state index is -0.853. The van der Waals surface area contributed by atoms with Crippen molar-refractivity contribution in [3.05, 3.63) is 66.1 Å². The lowest BCUT2D eigenvalue weighted by atomic mass is 10.0. The highest BCUT2D eigenvalue weighted by atomic mass is 32.2. The summed E-state index contributed by atoms with van der Waals surface area (Å²) in [6.45, 7) is 11.0. The molecule has 0 unspecified atom stereocenters. The molecule has 1 heterocycles. The summed E-state index contributed by atoms with van der Waals surface area (Å²) in [5.41, 5.74) is 3.37. The van der Waals surface area contributed by atoms with Crippen LogP contribution in [-0.2, 0) is 4.79 Å². The molecule has 0 aliphatic heterocycles. The highest BCUT2D eigenvalue weighted by Crippen LogP contribution is 2.42. The maximum atomic E-state index is 11.9. The van der Waals surface area contributed by atoms with Gasteiger partial charge in [0, 0.05) is 16.5 Å². The Morgan fingerprint density at radius 1 is 1.15 bits per heavy atom. The number of aromatic nitrogens is 1. The highest BCUT2D eigenvalue weighted by molar-refractivity contribution is 8.01. The van der Waals surface area contributed by atoms with Crippen LogP contribution in [0, 0.1) is 6.57 Å². The lowest BCUT2D eigenvalue weighted by molar-refractivity contribution is -0.140. The van der Waals surface area contributed by atoms with Crippen molar-refractivity contribution in [1.29, 1.82) is 0 Å². The van der Waals surface area contributed by atoms with E-state index in [0.717, 1.165) is 26.9 Å². The molecule has 1 N–H and O–H groups in total. The van der Waals surface area contributed by atoms with Gasteiger partial charge in [0.2, 0.25) is 0 Å². The van der Waals surface area contributed by atoms with Gasteiger partial charge in [-0.05, 0) is 48.2 Å². The standard InChI is InChI=1S/C22H20N2O2S/c1-4-22(5-2,21(25)26)27-20-11-12-24-19-10-9-16(14-18(19)20)15-7-6-8-17(13-15)23-3/h6-14H,4-5H2,1-2H3,(H,25,26). The van der Waals surface area contributed by atoms with E-state index in [1.54, 1.807) is 12.3 Å². The average molecular weight is 376 g/mol. The van der Waals surface area contributed by atoms with Crippen LogP contribution >= 0.6 is 11.8 Å². The SMILES string of the molecule is [C-]#[N+]c1cccc(-c2ccc3nccc(SC(CC)(CC)C(=O)O)c3c2)c1. The molecule has 3 rings (SSSR count). The molecular weight excluding hydrogens is 356 g/mol. The van der Waals surface area contributed by atoms with Crippen molar-refractivity contribution in [2.45, 2.75) is 36.3 Å². The summed E-state index contributed by atoms with van der Waals surface area (Å²) >= 11 is 1.40. The molecule has 0 spiro atoms. The Morgan fingerprint density at radius 3 is 2.56 bits per heavy atom. The molecule has 1 aromatic heterocycles. The Balaban J connectivity index is 2.12. The number of carboxylic acids is 1. The molecule has 0 saturated carbocycles. The van der Waals surface area contributed by atoms with Gasteiger partial charge in [0.05, 0.1) is 12.1 Å². The zero-order chi connectivity index (χ0) is 19.4. The van der Waals surface area contributed by atoms with Crippen LogP contribution in [0.1, 0.15) is 26.7 Å². The molecule has 2 aromatic carbocycles. The number of hydrogen-bond donors (Lipinski definition) is 1. The van der Waals surface area contributed by atoms with Crippen LogP contribution in [0.5, 0.6) is 0 Å². The van der Waals surface area contributed by atoms with Gasteiger partial charge in [-0.3, -0.25) is 9.78 Å². The molecule has 0 saturated heterocycles. The van der Waals surface area contributed by atoms with Gasteiger partial charge in [0.1, 0.15) is 4.75 Å². The van der Waals surface area contributed by atoms with E-state index in [9.17, 15) is 9.90 Å². The first kappa shape index (κ1) is 18.9. The highest BCUT2D eigenvalue weighted by Gasteiger charge is 2.36. The van der Waals surface area contributed by atoms with Crippen molar-refractivity contribution >= 4 is 34.3 Å². The minimum absolute atomic E-state index is 0.542. The van der Waals surface area contributed by atoms with Crippen molar-refractivity contribution in [2.24, 2.45) is 0 Å². The minimum Gasteiger partial charge on any atom is -0.480 e. The van der Waals surface area contributed by atoms with Crippen LogP contribution in [-0.4, -0.2) is 20.8 Å². The summed E-state index contributed by atoms with van der Waals surface area (Å²) in [7, 11) is 0. The summed E-state index contributed by atoms with van der Waals surface area (Å²) in [4.78, 5) is 20.8. The Labute approximate surface area is 163 Å². The number of carboxylic acid groups (broad SMARTS) is 1. The molecule has 0 fully saturated rings. The van der Waals surface area contributed by atoms with Gasteiger partial charge in [0.15, 0.2) is 5.69 Å². The average Bonchev–Trinajstić information content (AvgIpc) is 2.71. The molecule has 4 nitrogen and oxygen atoms in total. The fourth-order valence-corrected chi connectivity index (χ4v) is 4.29. The third kappa shape index (κ3) is 3.67. The zero-order valence-corrected chi connectivity index (χ0v) is 16.1. The van der Waals surface area contributed by atoms with Gasteiger partial charge in [-0.1, -0.05) is 38.1 Å². The summed E-state index contributed by atoms with van der Waals surface area (Å²) in [6.07, 6.45) is 2.81. The van der Waals surface area contributed by atoms with Crippen molar-refractivity contribution in [2.75, 3.05) is 0 Å². The molecule has 0 aliphatic carbocycles. The second-order valence-electron chi connectivity index (χ2n) is 6.31. The molecule has 27 heavy (non-hydrogen) atoms. The topological polar surface area (TPSA) is 54.5 Å². The van der Waals surface area contributed by atoms with Crippen LogP contribution in [0.2, 0.25) is 0 Å². The number of hydrogen-bond acceptors (Lipinski definition) is 3. The van der Waals surface area contributed by atoms with Crippen LogP contribution in [0.3, 0.4) is 0 Å². The van der Waals surface area contributed by atoms with E-state index in [-0.39, 0.29) is 0 Å². The summed E-state index contributed by atoms with van der Waals surface area (Å²) in [6, 6.07) is 15.3. The van der Waals surface area contributed by atoms with Gasteiger partial charge in [-0.2, -0.15) is 0 Å². The molecule has 3 aromatic rings. The van der Waals surface area contributed by atoms with Crippen molar-refractivity contribution in [3.63, 3.8) is 0 Å². The molecule has 0 bridgehead atoms. The fourth-order valence-electron chi connectivity index (χ4n) is 3.10. The number of rotatable bonds is 6. The number of benzene rings is 2. The summed E-state index contributed by atoms with van der Waals surface area (Å²) < 4.78 is -0.853.